The minimum absolute atomic E-state index is 0.410. The van der Waals surface area contributed by atoms with Crippen LogP contribution in [0.2, 0.25) is 0 Å². The van der Waals surface area contributed by atoms with Gasteiger partial charge in [-0.25, -0.2) is 0 Å². The summed E-state index contributed by atoms with van der Waals surface area (Å²) in [6.45, 7) is 9.75. The molecule has 0 amide bonds. The van der Waals surface area contributed by atoms with Crippen molar-refractivity contribution >= 4 is 0 Å². The molecule has 0 aromatic carbocycles. The molecular weight excluding hydrogens is 244 g/mol. The van der Waals surface area contributed by atoms with E-state index in [9.17, 15) is 0 Å². The highest BCUT2D eigenvalue weighted by Gasteiger charge is 2.47. The largest absolute Gasteiger partial charge is 0.308 e. The summed E-state index contributed by atoms with van der Waals surface area (Å²) in [7, 11) is 0. The van der Waals surface area contributed by atoms with Gasteiger partial charge in [0.1, 0.15) is 0 Å². The van der Waals surface area contributed by atoms with Gasteiger partial charge in [0.05, 0.1) is 0 Å². The molecule has 20 heavy (non-hydrogen) atoms. The Morgan fingerprint density at radius 3 is 2.25 bits per heavy atom. The Morgan fingerprint density at radius 2 is 1.70 bits per heavy atom. The Labute approximate surface area is 125 Å². The number of rotatable bonds is 4. The quantitative estimate of drug-likeness (QED) is 0.841. The molecular formula is C18H34N2. The van der Waals surface area contributed by atoms with Gasteiger partial charge in [0.15, 0.2) is 0 Å². The summed E-state index contributed by atoms with van der Waals surface area (Å²) in [5, 5.41) is 3.91. The van der Waals surface area contributed by atoms with Crippen LogP contribution < -0.4 is 5.32 Å². The zero-order valence-corrected chi connectivity index (χ0v) is 13.8. The van der Waals surface area contributed by atoms with E-state index in [-0.39, 0.29) is 0 Å². The van der Waals surface area contributed by atoms with Crippen molar-refractivity contribution < 1.29 is 0 Å². The Kier molecular flexibility index (Phi) is 4.42. The van der Waals surface area contributed by atoms with Crippen molar-refractivity contribution in [1.29, 1.82) is 0 Å². The van der Waals surface area contributed by atoms with E-state index < -0.39 is 0 Å². The second-order valence-electron chi connectivity index (χ2n) is 7.89. The topological polar surface area (TPSA) is 15.3 Å². The summed E-state index contributed by atoms with van der Waals surface area (Å²) in [5.74, 6) is 1.97. The molecule has 3 rings (SSSR count). The first-order valence-corrected chi connectivity index (χ1v) is 9.17. The van der Waals surface area contributed by atoms with Crippen LogP contribution in [0.3, 0.4) is 0 Å². The highest BCUT2D eigenvalue weighted by molar-refractivity contribution is 5.05. The first kappa shape index (κ1) is 14.8. The van der Waals surface area contributed by atoms with E-state index >= 15 is 0 Å². The van der Waals surface area contributed by atoms with E-state index in [4.69, 9.17) is 0 Å². The van der Waals surface area contributed by atoms with Gasteiger partial charge in [-0.05, 0) is 63.7 Å². The number of nitrogens with zero attached hydrogens (tertiary/aromatic N) is 1. The molecule has 2 nitrogen and oxygen atoms in total. The molecule has 3 aliphatic rings. The van der Waals surface area contributed by atoms with Gasteiger partial charge in [0.25, 0.3) is 0 Å². The van der Waals surface area contributed by atoms with Crippen LogP contribution in [0, 0.1) is 11.8 Å². The average molecular weight is 278 g/mol. The van der Waals surface area contributed by atoms with Crippen LogP contribution in [0.5, 0.6) is 0 Å². The van der Waals surface area contributed by atoms with Crippen LogP contribution in [0.4, 0.5) is 0 Å². The maximum atomic E-state index is 3.91. The van der Waals surface area contributed by atoms with E-state index in [1.54, 1.807) is 0 Å². The summed E-state index contributed by atoms with van der Waals surface area (Å²) in [4.78, 5) is 2.92. The fourth-order valence-electron chi connectivity index (χ4n) is 4.72. The van der Waals surface area contributed by atoms with Gasteiger partial charge in [-0.2, -0.15) is 0 Å². The fraction of sp³-hybridized carbons (Fsp3) is 1.00. The smallest absolute Gasteiger partial charge is 0.0309 e. The van der Waals surface area contributed by atoms with Crippen molar-refractivity contribution in [1.82, 2.24) is 10.2 Å². The van der Waals surface area contributed by atoms with Gasteiger partial charge in [-0.3, -0.25) is 4.90 Å². The van der Waals surface area contributed by atoms with Crippen LogP contribution in [0.1, 0.15) is 72.1 Å². The number of hydrogen-bond donors (Lipinski definition) is 1. The second-order valence-corrected chi connectivity index (χ2v) is 7.89. The fourth-order valence-corrected chi connectivity index (χ4v) is 4.72. The van der Waals surface area contributed by atoms with Crippen molar-refractivity contribution in [3.05, 3.63) is 0 Å². The van der Waals surface area contributed by atoms with Crippen LogP contribution in [0.15, 0.2) is 0 Å². The Hall–Kier alpha value is -0.0800. The summed E-state index contributed by atoms with van der Waals surface area (Å²) in [5.41, 5.74) is 0.410. The monoisotopic (exact) mass is 278 g/mol. The first-order valence-electron chi connectivity index (χ1n) is 9.17. The zero-order valence-electron chi connectivity index (χ0n) is 13.8. The molecule has 0 aromatic heterocycles. The van der Waals surface area contributed by atoms with Crippen molar-refractivity contribution in [2.24, 2.45) is 11.8 Å². The van der Waals surface area contributed by atoms with Gasteiger partial charge in [-0.1, -0.05) is 20.3 Å². The van der Waals surface area contributed by atoms with Crippen molar-refractivity contribution in [3.8, 4) is 0 Å². The van der Waals surface area contributed by atoms with E-state index in [1.165, 1.54) is 64.5 Å². The molecule has 2 saturated carbocycles. The van der Waals surface area contributed by atoms with Gasteiger partial charge < -0.3 is 5.32 Å². The molecule has 1 heterocycles. The summed E-state index contributed by atoms with van der Waals surface area (Å²) < 4.78 is 0. The Balaban J connectivity index is 1.65. The molecule has 2 atom stereocenters. The van der Waals surface area contributed by atoms with Crippen LogP contribution in [0.25, 0.3) is 0 Å². The standard InChI is InChI=1S/C18H34N2/c1-4-14-6-10-17(11-7-14)20-13-18(3,15-8-9-15)19-12-16(20)5-2/h14-17,19H,4-13H2,1-3H3. The molecule has 3 fully saturated rings. The van der Waals surface area contributed by atoms with Gasteiger partial charge >= 0.3 is 0 Å². The molecule has 0 radical (unpaired) electrons. The highest BCUT2D eigenvalue weighted by atomic mass is 15.3. The summed E-state index contributed by atoms with van der Waals surface area (Å²) in [6, 6.07) is 1.66. The molecule has 1 saturated heterocycles. The number of nitrogens with one attached hydrogen (secondary N) is 1. The zero-order chi connectivity index (χ0) is 14.2. The SMILES string of the molecule is CCC1CCC(N2CC(C)(C3CC3)NCC2CC)CC1. The molecule has 1 aliphatic heterocycles. The molecule has 1 N–H and O–H groups in total. The predicted molar refractivity (Wildman–Crippen MR) is 86.0 cm³/mol. The molecule has 0 aromatic rings. The van der Waals surface area contributed by atoms with Gasteiger partial charge in [0, 0.05) is 30.7 Å². The maximum Gasteiger partial charge on any atom is 0.0309 e. The van der Waals surface area contributed by atoms with Crippen LogP contribution >= 0.6 is 0 Å². The van der Waals surface area contributed by atoms with Crippen molar-refractivity contribution in [2.75, 3.05) is 13.1 Å². The van der Waals surface area contributed by atoms with Crippen LogP contribution in [-0.4, -0.2) is 35.6 Å². The third kappa shape index (κ3) is 2.92. The lowest BCUT2D eigenvalue weighted by Crippen LogP contribution is -2.66. The predicted octanol–water partition coefficient (Wildman–Crippen LogP) is 3.81. The average Bonchev–Trinajstić information content (AvgIpc) is 3.32. The van der Waals surface area contributed by atoms with Crippen molar-refractivity contribution in [2.45, 2.75) is 89.8 Å². The lowest BCUT2D eigenvalue weighted by Gasteiger charge is -2.51. The Morgan fingerprint density at radius 1 is 1.00 bits per heavy atom. The normalized spacial score (nSPS) is 43.6. The molecule has 2 unspecified atom stereocenters. The second kappa shape index (κ2) is 5.96. The van der Waals surface area contributed by atoms with E-state index in [2.05, 4.69) is 31.0 Å². The molecule has 0 bridgehead atoms. The first-order chi connectivity index (χ1) is 9.66. The molecule has 0 spiro atoms. The highest BCUT2D eigenvalue weighted by Crippen LogP contribution is 2.43. The summed E-state index contributed by atoms with van der Waals surface area (Å²) >= 11 is 0. The van der Waals surface area contributed by atoms with E-state index in [0.717, 1.165) is 23.9 Å². The number of hydrogen-bond acceptors (Lipinski definition) is 2. The van der Waals surface area contributed by atoms with E-state index in [0.29, 0.717) is 5.54 Å². The Bertz CT molecular complexity index is 317. The van der Waals surface area contributed by atoms with Crippen molar-refractivity contribution in [3.63, 3.8) is 0 Å². The third-order valence-electron chi connectivity index (χ3n) is 6.53. The van der Waals surface area contributed by atoms with Gasteiger partial charge in [0.2, 0.25) is 0 Å². The van der Waals surface area contributed by atoms with Crippen LogP contribution in [-0.2, 0) is 0 Å². The molecule has 2 aliphatic carbocycles. The van der Waals surface area contributed by atoms with Gasteiger partial charge in [-0.15, -0.1) is 0 Å². The summed E-state index contributed by atoms with van der Waals surface area (Å²) in [6.07, 6.45) is 11.5. The minimum Gasteiger partial charge on any atom is -0.308 e. The third-order valence-corrected chi connectivity index (χ3v) is 6.53. The minimum atomic E-state index is 0.410. The van der Waals surface area contributed by atoms with E-state index in [1.807, 2.05) is 0 Å². The molecule has 2 heteroatoms. The lowest BCUT2D eigenvalue weighted by atomic mass is 9.81. The lowest BCUT2D eigenvalue weighted by molar-refractivity contribution is 0.0170. The maximum absolute atomic E-state index is 3.91. The molecule has 116 valence electrons. The number of piperazine rings is 1.